The predicted molar refractivity (Wildman–Crippen MR) is 127 cm³/mol. The lowest BCUT2D eigenvalue weighted by Crippen LogP contribution is -2.35. The maximum atomic E-state index is 12.8. The lowest BCUT2D eigenvalue weighted by molar-refractivity contribution is 0.102. The van der Waals surface area contributed by atoms with Crippen molar-refractivity contribution in [3.8, 4) is 17.0 Å². The molecule has 1 aliphatic carbocycles. The number of aromatic nitrogens is 3. The number of halogens is 1. The van der Waals surface area contributed by atoms with Crippen molar-refractivity contribution in [1.29, 1.82) is 0 Å². The molecule has 1 aliphatic rings. The van der Waals surface area contributed by atoms with E-state index in [0.717, 1.165) is 31.4 Å². The Morgan fingerprint density at radius 2 is 1.94 bits per heavy atom. The number of nitrogens with one attached hydrogen (secondary N) is 2. The molecule has 0 atom stereocenters. The summed E-state index contributed by atoms with van der Waals surface area (Å²) in [5.74, 6) is -0.181. The summed E-state index contributed by atoms with van der Waals surface area (Å²) in [4.78, 5) is 29.4. The molecule has 1 saturated carbocycles. The Morgan fingerprint density at radius 1 is 1.18 bits per heavy atom. The molecule has 0 bridgehead atoms. The van der Waals surface area contributed by atoms with E-state index in [1.54, 1.807) is 24.3 Å². The van der Waals surface area contributed by atoms with Gasteiger partial charge in [-0.25, -0.2) is 9.78 Å². The zero-order chi connectivity index (χ0) is 23.5. The van der Waals surface area contributed by atoms with Gasteiger partial charge in [-0.15, -0.1) is 0 Å². The van der Waals surface area contributed by atoms with E-state index in [1.807, 2.05) is 19.9 Å². The summed E-state index contributed by atoms with van der Waals surface area (Å²) in [7, 11) is 0. The summed E-state index contributed by atoms with van der Waals surface area (Å²) in [6.07, 6.45) is 5.72. The summed E-state index contributed by atoms with van der Waals surface area (Å²) in [6.45, 7) is 3.79. The van der Waals surface area contributed by atoms with E-state index in [2.05, 4.69) is 20.7 Å². The molecule has 3 aromatic rings. The molecule has 0 spiro atoms. The topological polar surface area (TPSA) is 109 Å². The van der Waals surface area contributed by atoms with Gasteiger partial charge in [0.25, 0.3) is 5.91 Å². The van der Waals surface area contributed by atoms with Crippen LogP contribution < -0.4 is 10.6 Å². The van der Waals surface area contributed by atoms with Crippen LogP contribution in [0.15, 0.2) is 42.6 Å². The van der Waals surface area contributed by atoms with Gasteiger partial charge in [-0.1, -0.05) is 24.4 Å². The van der Waals surface area contributed by atoms with Gasteiger partial charge in [0.15, 0.2) is 0 Å². The minimum absolute atomic E-state index is 0.000649. The zero-order valence-corrected chi connectivity index (χ0v) is 19.3. The van der Waals surface area contributed by atoms with Crippen molar-refractivity contribution >= 4 is 29.2 Å². The summed E-state index contributed by atoms with van der Waals surface area (Å²) in [6, 6.07) is 9.43. The van der Waals surface area contributed by atoms with Crippen LogP contribution in [0.4, 0.5) is 10.5 Å². The number of rotatable bonds is 5. The SMILES string of the molecule is CC(C)NC(=O)n1nc(-c2cc(NC(=O)c3cccnc3Cl)ccc2O)cc1C1CCCC1. The fourth-order valence-corrected chi connectivity index (χ4v) is 4.29. The quantitative estimate of drug-likeness (QED) is 0.354. The Hall–Kier alpha value is -3.39. The predicted octanol–water partition coefficient (Wildman–Crippen LogP) is 5.18. The molecule has 0 saturated heterocycles. The second-order valence-corrected chi connectivity index (χ2v) is 8.84. The van der Waals surface area contributed by atoms with Crippen molar-refractivity contribution in [3.63, 3.8) is 0 Å². The third kappa shape index (κ3) is 5.01. The number of anilines is 1. The molecule has 8 nitrogen and oxygen atoms in total. The highest BCUT2D eigenvalue weighted by molar-refractivity contribution is 6.33. The van der Waals surface area contributed by atoms with Crippen molar-refractivity contribution in [1.82, 2.24) is 20.1 Å². The summed E-state index contributed by atoms with van der Waals surface area (Å²) >= 11 is 6.02. The number of pyridine rings is 1. The molecule has 172 valence electrons. The molecule has 2 aromatic heterocycles. The molecule has 1 fully saturated rings. The number of phenolic OH excluding ortho intramolecular Hbond substituents is 1. The number of hydrogen-bond acceptors (Lipinski definition) is 5. The van der Waals surface area contributed by atoms with Crippen LogP contribution in [0.1, 0.15) is 61.5 Å². The van der Waals surface area contributed by atoms with Crippen molar-refractivity contribution < 1.29 is 14.7 Å². The van der Waals surface area contributed by atoms with Crippen LogP contribution in [-0.2, 0) is 0 Å². The second-order valence-electron chi connectivity index (χ2n) is 8.48. The van der Waals surface area contributed by atoms with Gasteiger partial charge in [0.05, 0.1) is 17.0 Å². The minimum Gasteiger partial charge on any atom is -0.507 e. The van der Waals surface area contributed by atoms with Gasteiger partial charge in [0, 0.05) is 29.4 Å². The van der Waals surface area contributed by atoms with Gasteiger partial charge in [-0.05, 0) is 63.1 Å². The normalized spacial score (nSPS) is 13.9. The molecule has 0 unspecified atom stereocenters. The number of aromatic hydroxyl groups is 1. The minimum atomic E-state index is -0.418. The summed E-state index contributed by atoms with van der Waals surface area (Å²) in [5.41, 5.74) is 2.41. The van der Waals surface area contributed by atoms with Crippen molar-refractivity contribution in [2.24, 2.45) is 0 Å². The van der Waals surface area contributed by atoms with Gasteiger partial charge in [0.2, 0.25) is 0 Å². The number of amides is 2. The van der Waals surface area contributed by atoms with E-state index in [4.69, 9.17) is 11.6 Å². The van der Waals surface area contributed by atoms with E-state index in [1.165, 1.54) is 16.9 Å². The largest absolute Gasteiger partial charge is 0.507 e. The van der Waals surface area contributed by atoms with Crippen LogP contribution in [0.5, 0.6) is 5.75 Å². The first kappa shape index (κ1) is 22.8. The van der Waals surface area contributed by atoms with Crippen molar-refractivity contribution in [2.75, 3.05) is 5.32 Å². The molecular weight excluding hydrogens is 442 g/mol. The monoisotopic (exact) mass is 467 g/mol. The fraction of sp³-hybridized carbons (Fsp3) is 0.333. The molecule has 9 heteroatoms. The number of hydrogen-bond donors (Lipinski definition) is 3. The van der Waals surface area contributed by atoms with Gasteiger partial charge < -0.3 is 15.7 Å². The first-order valence-electron chi connectivity index (χ1n) is 11.0. The van der Waals surface area contributed by atoms with Crippen molar-refractivity contribution in [2.45, 2.75) is 51.5 Å². The highest BCUT2D eigenvalue weighted by Gasteiger charge is 2.26. The van der Waals surface area contributed by atoms with Gasteiger partial charge in [0.1, 0.15) is 10.9 Å². The Balaban J connectivity index is 1.67. The van der Waals surface area contributed by atoms with E-state index in [-0.39, 0.29) is 34.5 Å². The Bertz CT molecular complexity index is 1180. The lowest BCUT2D eigenvalue weighted by atomic mass is 10.0. The van der Waals surface area contributed by atoms with E-state index < -0.39 is 5.91 Å². The Kier molecular flexibility index (Phi) is 6.65. The van der Waals surface area contributed by atoms with E-state index in [9.17, 15) is 14.7 Å². The number of nitrogens with zero attached hydrogens (tertiary/aromatic N) is 3. The number of phenols is 1. The van der Waals surface area contributed by atoms with Crippen molar-refractivity contribution in [3.05, 3.63) is 59.0 Å². The summed E-state index contributed by atoms with van der Waals surface area (Å²) in [5, 5.41) is 20.8. The Morgan fingerprint density at radius 3 is 2.64 bits per heavy atom. The molecule has 33 heavy (non-hydrogen) atoms. The summed E-state index contributed by atoms with van der Waals surface area (Å²) < 4.78 is 1.41. The number of carbonyl (C=O) groups is 2. The van der Waals surface area contributed by atoms with Gasteiger partial charge >= 0.3 is 6.03 Å². The average molecular weight is 468 g/mol. The van der Waals surface area contributed by atoms with Crippen LogP contribution in [0.3, 0.4) is 0 Å². The highest BCUT2D eigenvalue weighted by Crippen LogP contribution is 2.38. The molecule has 2 amide bonds. The van der Waals surface area contributed by atoms with Gasteiger partial charge in [-0.2, -0.15) is 9.78 Å². The fourth-order valence-electron chi connectivity index (χ4n) is 4.08. The molecule has 2 heterocycles. The highest BCUT2D eigenvalue weighted by atomic mass is 35.5. The smallest absolute Gasteiger partial charge is 0.342 e. The van der Waals surface area contributed by atoms with Gasteiger partial charge in [-0.3, -0.25) is 4.79 Å². The molecule has 0 radical (unpaired) electrons. The number of benzene rings is 1. The third-order valence-electron chi connectivity index (χ3n) is 5.65. The van der Waals surface area contributed by atoms with Crippen LogP contribution in [0, 0.1) is 0 Å². The Labute approximate surface area is 197 Å². The van der Waals surface area contributed by atoms with E-state index >= 15 is 0 Å². The molecule has 1 aromatic carbocycles. The molecular formula is C24H26ClN5O3. The standard InChI is InChI=1S/C24H26ClN5O3/c1-14(2)27-24(33)30-20(15-6-3-4-7-15)13-19(29-30)18-12-16(9-10-21(18)31)28-23(32)17-8-5-11-26-22(17)25/h5,8-15,31H,3-4,6-7H2,1-2H3,(H,27,33)(H,28,32). The lowest BCUT2D eigenvalue weighted by Gasteiger charge is -2.13. The van der Waals surface area contributed by atoms with Crippen LogP contribution in [0.2, 0.25) is 5.15 Å². The zero-order valence-electron chi connectivity index (χ0n) is 18.5. The third-order valence-corrected chi connectivity index (χ3v) is 5.95. The van der Waals surface area contributed by atoms with Crippen LogP contribution in [-0.4, -0.2) is 37.9 Å². The second kappa shape index (κ2) is 9.62. The molecule has 4 rings (SSSR count). The maximum absolute atomic E-state index is 12.8. The average Bonchev–Trinajstić information content (AvgIpc) is 3.45. The maximum Gasteiger partial charge on any atom is 0.342 e. The number of carbonyl (C=O) groups excluding carboxylic acids is 2. The first-order valence-corrected chi connectivity index (χ1v) is 11.4. The van der Waals surface area contributed by atoms with Crippen LogP contribution >= 0.6 is 11.6 Å². The first-order chi connectivity index (χ1) is 15.8. The van der Waals surface area contributed by atoms with E-state index in [0.29, 0.717) is 16.9 Å². The molecule has 0 aliphatic heterocycles. The molecule has 3 N–H and O–H groups in total. The van der Waals surface area contributed by atoms with Crippen LogP contribution in [0.25, 0.3) is 11.3 Å².